The molecule has 0 fully saturated rings. The minimum Gasteiger partial charge on any atom is -0.420 e. The van der Waals surface area contributed by atoms with Gasteiger partial charge in [-0.05, 0) is 50.2 Å². The first-order valence-corrected chi connectivity index (χ1v) is 9.13. The molecular weight excluding hydrogens is 420 g/mol. The normalized spacial score (nSPS) is 11.6. The van der Waals surface area contributed by atoms with Crippen LogP contribution in [0.15, 0.2) is 42.7 Å². The van der Waals surface area contributed by atoms with Crippen molar-refractivity contribution in [2.45, 2.75) is 25.5 Å². The van der Waals surface area contributed by atoms with E-state index in [0.717, 1.165) is 0 Å². The summed E-state index contributed by atoms with van der Waals surface area (Å²) in [6, 6.07) is 8.27. The predicted octanol–water partition coefficient (Wildman–Crippen LogP) is 4.34. The van der Waals surface area contributed by atoms with Crippen LogP contribution in [-0.2, 0) is 0 Å². The highest BCUT2D eigenvalue weighted by Gasteiger charge is 2.27. The molecule has 1 amide bonds. The number of hydroxylamine groups is 1. The van der Waals surface area contributed by atoms with Gasteiger partial charge in [0.25, 0.3) is 5.91 Å². The highest BCUT2D eigenvalue weighted by Crippen LogP contribution is 2.27. The molecule has 30 heavy (non-hydrogen) atoms. The lowest BCUT2D eigenvalue weighted by atomic mass is 10.1. The molecule has 0 aliphatic heterocycles. The summed E-state index contributed by atoms with van der Waals surface area (Å²) in [6.45, 7) is 3.88. The van der Waals surface area contributed by atoms with Gasteiger partial charge >= 0.3 is 5.57 Å². The Labute approximate surface area is 174 Å². The number of carbonyl (C=O) groups is 1. The Kier molecular flexibility index (Phi) is 5.90. The zero-order valence-corrected chi connectivity index (χ0v) is 16.7. The average molecular weight is 438 g/mol. The van der Waals surface area contributed by atoms with Gasteiger partial charge in [-0.25, -0.2) is 4.98 Å². The maximum absolute atomic E-state index is 12.7. The average Bonchev–Trinajstić information content (AvgIpc) is 3.11. The van der Waals surface area contributed by atoms with Crippen molar-refractivity contribution in [2.75, 3.05) is 5.32 Å². The smallest absolute Gasteiger partial charge is 0.420 e. The predicted molar refractivity (Wildman–Crippen MR) is 108 cm³/mol. The number of amidine groups is 1. The maximum Gasteiger partial charge on any atom is 0.487 e. The summed E-state index contributed by atoms with van der Waals surface area (Å²) in [4.78, 5) is 17.0. The van der Waals surface area contributed by atoms with Crippen molar-refractivity contribution >= 4 is 40.1 Å². The Morgan fingerprint density at radius 2 is 1.97 bits per heavy atom. The van der Waals surface area contributed by atoms with Gasteiger partial charge < -0.3 is 14.6 Å². The van der Waals surface area contributed by atoms with Crippen molar-refractivity contribution in [1.82, 2.24) is 15.0 Å². The summed E-state index contributed by atoms with van der Waals surface area (Å²) >= 11 is 4.72. The molecule has 0 bridgehead atoms. The SMILES string of the molecule is CC(C)n1cnc2cc(C(=O)Nc3ccc(OC(F)(F)Cl)cc3)cc(C(=N)NO)c21. The van der Waals surface area contributed by atoms with Gasteiger partial charge in [0, 0.05) is 34.5 Å². The van der Waals surface area contributed by atoms with Crippen LogP contribution in [0.25, 0.3) is 11.0 Å². The van der Waals surface area contributed by atoms with Crippen molar-refractivity contribution in [3.63, 3.8) is 0 Å². The number of anilines is 1. The zero-order chi connectivity index (χ0) is 22.1. The molecule has 8 nitrogen and oxygen atoms in total. The number of imidazole rings is 1. The number of aromatic nitrogens is 2. The summed E-state index contributed by atoms with van der Waals surface area (Å²) in [5.74, 6) is -0.974. The number of alkyl halides is 3. The number of benzene rings is 2. The number of hydrogen-bond acceptors (Lipinski definition) is 5. The van der Waals surface area contributed by atoms with E-state index in [2.05, 4.69) is 15.0 Å². The van der Waals surface area contributed by atoms with E-state index in [9.17, 15) is 18.8 Å². The highest BCUT2D eigenvalue weighted by atomic mass is 35.5. The van der Waals surface area contributed by atoms with E-state index >= 15 is 0 Å². The number of rotatable bonds is 6. The van der Waals surface area contributed by atoms with Gasteiger partial charge in [0.2, 0.25) is 0 Å². The van der Waals surface area contributed by atoms with E-state index in [1.807, 2.05) is 18.4 Å². The zero-order valence-electron chi connectivity index (χ0n) is 15.9. The van der Waals surface area contributed by atoms with Gasteiger partial charge in [-0.2, -0.15) is 0 Å². The van der Waals surface area contributed by atoms with E-state index in [4.69, 9.17) is 17.0 Å². The quantitative estimate of drug-likeness (QED) is 0.198. The van der Waals surface area contributed by atoms with Crippen LogP contribution in [0.3, 0.4) is 0 Å². The molecule has 0 atom stereocenters. The summed E-state index contributed by atoms with van der Waals surface area (Å²) in [5.41, 5.74) is -0.158. The van der Waals surface area contributed by atoms with Crippen LogP contribution in [0.4, 0.5) is 14.5 Å². The Bertz CT molecular complexity index is 1090. The minimum absolute atomic E-state index is 0.0426. The van der Waals surface area contributed by atoms with Gasteiger partial charge in [-0.3, -0.25) is 20.9 Å². The molecule has 0 unspecified atom stereocenters. The Morgan fingerprint density at radius 3 is 2.53 bits per heavy atom. The van der Waals surface area contributed by atoms with Crippen LogP contribution < -0.4 is 15.5 Å². The van der Waals surface area contributed by atoms with Gasteiger partial charge in [0.15, 0.2) is 5.84 Å². The number of hydrogen-bond donors (Lipinski definition) is 4. The van der Waals surface area contributed by atoms with Crippen LogP contribution >= 0.6 is 11.6 Å². The van der Waals surface area contributed by atoms with E-state index in [1.54, 1.807) is 17.9 Å². The van der Waals surface area contributed by atoms with Gasteiger partial charge in [0.05, 0.1) is 17.4 Å². The van der Waals surface area contributed by atoms with Crippen LogP contribution in [0.5, 0.6) is 5.75 Å². The molecule has 4 N–H and O–H groups in total. The molecule has 0 saturated heterocycles. The number of fused-ring (bicyclic) bond motifs is 1. The standard InChI is InChI=1S/C19H18ClF2N5O3/c1-10(2)27-9-24-15-8-11(7-14(16(15)27)17(23)26-29)18(28)25-12-3-5-13(6-4-12)30-19(20,21)22/h3-10,29H,1-2H3,(H2,23,26)(H,25,28). The maximum atomic E-state index is 12.7. The monoisotopic (exact) mass is 437 g/mol. The Hall–Kier alpha value is -3.24. The first kappa shape index (κ1) is 21.5. The van der Waals surface area contributed by atoms with Gasteiger partial charge in [-0.1, -0.05) is 0 Å². The first-order chi connectivity index (χ1) is 14.1. The molecule has 0 aliphatic rings. The largest absolute Gasteiger partial charge is 0.487 e. The van der Waals surface area contributed by atoms with Crippen LogP contribution in [-0.4, -0.2) is 32.1 Å². The van der Waals surface area contributed by atoms with E-state index in [-0.39, 0.29) is 23.2 Å². The fourth-order valence-corrected chi connectivity index (χ4v) is 2.98. The van der Waals surface area contributed by atoms with E-state index < -0.39 is 11.5 Å². The third kappa shape index (κ3) is 4.66. The summed E-state index contributed by atoms with van der Waals surface area (Å²) in [6.07, 6.45) is 1.59. The Morgan fingerprint density at radius 1 is 1.30 bits per heavy atom. The van der Waals surface area contributed by atoms with Crippen molar-refractivity contribution < 1.29 is 23.5 Å². The van der Waals surface area contributed by atoms with Gasteiger partial charge in [-0.15, -0.1) is 8.78 Å². The molecule has 0 spiro atoms. The molecule has 3 rings (SSSR count). The molecule has 3 aromatic rings. The van der Waals surface area contributed by atoms with Crippen LogP contribution in [0.2, 0.25) is 0 Å². The highest BCUT2D eigenvalue weighted by molar-refractivity contribution is 6.20. The minimum atomic E-state index is -3.83. The third-order valence-electron chi connectivity index (χ3n) is 4.21. The lowest BCUT2D eigenvalue weighted by Crippen LogP contribution is -2.21. The lowest BCUT2D eigenvalue weighted by Gasteiger charge is -2.14. The number of amides is 1. The number of carbonyl (C=O) groups excluding carboxylic acids is 1. The van der Waals surface area contributed by atoms with Gasteiger partial charge in [0.1, 0.15) is 5.75 Å². The molecule has 1 aromatic heterocycles. The summed E-state index contributed by atoms with van der Waals surface area (Å²) < 4.78 is 31.4. The molecule has 2 aromatic carbocycles. The summed E-state index contributed by atoms with van der Waals surface area (Å²) in [7, 11) is 0. The molecule has 0 radical (unpaired) electrons. The first-order valence-electron chi connectivity index (χ1n) is 8.76. The Balaban J connectivity index is 1.91. The van der Waals surface area contributed by atoms with Crippen LogP contribution in [0, 0.1) is 5.41 Å². The van der Waals surface area contributed by atoms with E-state index in [1.165, 1.54) is 30.3 Å². The van der Waals surface area contributed by atoms with Crippen LogP contribution in [0.1, 0.15) is 35.8 Å². The number of nitrogens with one attached hydrogen (secondary N) is 3. The third-order valence-corrected chi connectivity index (χ3v) is 4.29. The van der Waals surface area contributed by atoms with Crippen molar-refractivity contribution in [1.29, 1.82) is 5.41 Å². The molecule has 0 aliphatic carbocycles. The lowest BCUT2D eigenvalue weighted by molar-refractivity contribution is -0.0964. The fourth-order valence-electron chi connectivity index (χ4n) is 2.89. The second-order valence-corrected chi connectivity index (χ2v) is 7.09. The second kappa shape index (κ2) is 8.25. The van der Waals surface area contributed by atoms with E-state index in [0.29, 0.717) is 22.3 Å². The molecule has 158 valence electrons. The topological polar surface area (TPSA) is 112 Å². The number of ether oxygens (including phenoxy) is 1. The second-order valence-electron chi connectivity index (χ2n) is 6.65. The molecule has 1 heterocycles. The van der Waals surface area contributed by atoms with Crippen molar-refractivity contribution in [2.24, 2.45) is 0 Å². The molecule has 0 saturated carbocycles. The number of halogens is 3. The van der Waals surface area contributed by atoms with Crippen molar-refractivity contribution in [3.05, 3.63) is 53.9 Å². The molecular formula is C19H18ClF2N5O3. The fraction of sp³-hybridized carbons (Fsp3) is 0.211. The summed E-state index contributed by atoms with van der Waals surface area (Å²) in [5, 5.41) is 19.8. The van der Waals surface area contributed by atoms with Crippen molar-refractivity contribution in [3.8, 4) is 5.75 Å². The molecule has 11 heteroatoms. The number of nitrogens with zero attached hydrogens (tertiary/aromatic N) is 2.